The number of rotatable bonds is 7. The van der Waals surface area contributed by atoms with Crippen LogP contribution >= 0.6 is 27.5 Å². The van der Waals surface area contributed by atoms with Gasteiger partial charge in [0.15, 0.2) is 5.78 Å². The molecule has 0 heterocycles. The summed E-state index contributed by atoms with van der Waals surface area (Å²) in [6, 6.07) is 12.0. The highest BCUT2D eigenvalue weighted by atomic mass is 79.9. The highest BCUT2D eigenvalue weighted by Gasteiger charge is 2.18. The van der Waals surface area contributed by atoms with Gasteiger partial charge in [-0.2, -0.15) is 0 Å². The van der Waals surface area contributed by atoms with Crippen molar-refractivity contribution in [2.75, 3.05) is 26.0 Å². The maximum absolute atomic E-state index is 12.8. The Bertz CT molecular complexity index is 991. The molecule has 10 heteroatoms. The molecule has 0 aliphatic carbocycles. The van der Waals surface area contributed by atoms with Crippen LogP contribution in [0, 0.1) is 0 Å². The Hall–Kier alpha value is -3.01. The van der Waals surface area contributed by atoms with Crippen LogP contribution in [0.4, 0.5) is 5.69 Å². The molecule has 0 aromatic heterocycles. The van der Waals surface area contributed by atoms with Crippen LogP contribution in [0.15, 0.2) is 59.1 Å². The zero-order valence-corrected chi connectivity index (χ0v) is 19.0. The maximum atomic E-state index is 12.8. The number of ketones is 1. The second-order valence-electron chi connectivity index (χ2n) is 6.29. The van der Waals surface area contributed by atoms with Gasteiger partial charge in [0.25, 0.3) is 0 Å². The number of anilines is 1. The van der Waals surface area contributed by atoms with E-state index in [2.05, 4.69) is 21.2 Å². The van der Waals surface area contributed by atoms with Crippen molar-refractivity contribution in [1.82, 2.24) is 4.90 Å². The molecule has 2 aromatic rings. The Morgan fingerprint density at radius 2 is 1.58 bits per heavy atom. The number of carboxylic acid groups (broad SMARTS) is 2. The van der Waals surface area contributed by atoms with Crippen molar-refractivity contribution in [3.05, 3.63) is 75.2 Å². The first-order chi connectivity index (χ1) is 14.5. The molecule has 1 amide bonds. The number of hydrogen-bond acceptors (Lipinski definition) is 5. The standard InChI is InChI=1S/C17H16BrClN2O2.C4H4O4/c1-21(2)10-16(22)20-15-8-7-11(18)9-13(15)17(23)12-5-3-4-6-14(12)19;5-3(6)1-2-4(7)8/h3-9H,10H2,1-2H3,(H,20,22);1-2H,(H,5,6)(H,7,8)/b;2-1+. The lowest BCUT2D eigenvalue weighted by Gasteiger charge is -2.14. The van der Waals surface area contributed by atoms with Gasteiger partial charge < -0.3 is 20.4 Å². The number of hydrogen-bond donors (Lipinski definition) is 3. The normalized spacial score (nSPS) is 10.4. The minimum Gasteiger partial charge on any atom is -0.478 e. The fourth-order valence-corrected chi connectivity index (χ4v) is 2.81. The molecule has 3 N–H and O–H groups in total. The second-order valence-corrected chi connectivity index (χ2v) is 7.62. The number of nitrogens with zero attached hydrogens (tertiary/aromatic N) is 1. The topological polar surface area (TPSA) is 124 Å². The summed E-state index contributed by atoms with van der Waals surface area (Å²) in [5.74, 6) is -2.94. The average molecular weight is 512 g/mol. The number of benzene rings is 2. The number of carboxylic acids is 2. The van der Waals surface area contributed by atoms with E-state index in [4.69, 9.17) is 21.8 Å². The van der Waals surface area contributed by atoms with Crippen LogP contribution in [0.3, 0.4) is 0 Å². The minimum atomic E-state index is -1.26. The molecule has 0 spiro atoms. The Morgan fingerprint density at radius 3 is 2.10 bits per heavy atom. The van der Waals surface area contributed by atoms with E-state index >= 15 is 0 Å². The van der Waals surface area contributed by atoms with Crippen LogP contribution < -0.4 is 5.32 Å². The highest BCUT2D eigenvalue weighted by molar-refractivity contribution is 9.10. The van der Waals surface area contributed by atoms with Gasteiger partial charge in [0.2, 0.25) is 5.91 Å². The summed E-state index contributed by atoms with van der Waals surface area (Å²) in [5.41, 5.74) is 1.25. The largest absolute Gasteiger partial charge is 0.478 e. The third kappa shape index (κ3) is 9.56. The average Bonchev–Trinajstić information content (AvgIpc) is 2.67. The lowest BCUT2D eigenvalue weighted by atomic mass is 10.0. The van der Waals surface area contributed by atoms with Crippen molar-refractivity contribution in [1.29, 1.82) is 0 Å². The predicted octanol–water partition coefficient (Wildman–Crippen LogP) is 3.55. The Kier molecular flexibility index (Phi) is 10.6. The van der Waals surface area contributed by atoms with E-state index in [-0.39, 0.29) is 18.2 Å². The molecule has 0 unspecified atom stereocenters. The van der Waals surface area contributed by atoms with E-state index in [1.54, 1.807) is 61.5 Å². The van der Waals surface area contributed by atoms with E-state index in [1.165, 1.54) is 0 Å². The summed E-state index contributed by atoms with van der Waals surface area (Å²) in [5, 5.41) is 18.8. The van der Waals surface area contributed by atoms with Gasteiger partial charge >= 0.3 is 11.9 Å². The van der Waals surface area contributed by atoms with Crippen molar-refractivity contribution in [3.8, 4) is 0 Å². The van der Waals surface area contributed by atoms with Crippen LogP contribution in [0.1, 0.15) is 15.9 Å². The number of carbonyl (C=O) groups excluding carboxylic acids is 2. The quantitative estimate of drug-likeness (QED) is 0.384. The zero-order chi connectivity index (χ0) is 23.6. The summed E-state index contributed by atoms with van der Waals surface area (Å²) in [7, 11) is 3.61. The van der Waals surface area contributed by atoms with Gasteiger partial charge in [0, 0.05) is 27.8 Å². The fraction of sp³-hybridized carbons (Fsp3) is 0.143. The smallest absolute Gasteiger partial charge is 0.328 e. The maximum Gasteiger partial charge on any atom is 0.328 e. The number of amides is 1. The molecule has 0 saturated heterocycles. The van der Waals surface area contributed by atoms with Crippen molar-refractivity contribution in [2.24, 2.45) is 0 Å². The van der Waals surface area contributed by atoms with Crippen molar-refractivity contribution in [2.45, 2.75) is 0 Å². The molecule has 31 heavy (non-hydrogen) atoms. The van der Waals surface area contributed by atoms with Crippen molar-refractivity contribution in [3.63, 3.8) is 0 Å². The van der Waals surface area contributed by atoms with Crippen LogP contribution in [0.25, 0.3) is 0 Å². The summed E-state index contributed by atoms with van der Waals surface area (Å²) in [4.78, 5) is 45.6. The molecule has 0 fully saturated rings. The molecular weight excluding hydrogens is 492 g/mol. The fourth-order valence-electron chi connectivity index (χ4n) is 2.22. The van der Waals surface area contributed by atoms with Gasteiger partial charge in [0.05, 0.1) is 17.3 Å². The van der Waals surface area contributed by atoms with Gasteiger partial charge in [-0.3, -0.25) is 9.59 Å². The highest BCUT2D eigenvalue weighted by Crippen LogP contribution is 2.26. The molecule has 8 nitrogen and oxygen atoms in total. The monoisotopic (exact) mass is 510 g/mol. The van der Waals surface area contributed by atoms with E-state index in [0.29, 0.717) is 34.0 Å². The molecule has 0 aliphatic rings. The van der Waals surface area contributed by atoms with Crippen molar-refractivity contribution >= 4 is 56.8 Å². The second kappa shape index (κ2) is 12.6. The number of likely N-dealkylation sites (N-methyl/N-ethyl adjacent to an activating group) is 1. The lowest BCUT2D eigenvalue weighted by Crippen LogP contribution is -2.27. The van der Waals surface area contributed by atoms with Crippen LogP contribution in [-0.4, -0.2) is 59.4 Å². The summed E-state index contributed by atoms with van der Waals surface area (Å²) in [6.45, 7) is 0.232. The first-order valence-corrected chi connectivity index (χ1v) is 9.85. The molecule has 0 aliphatic heterocycles. The van der Waals surface area contributed by atoms with Crippen LogP contribution in [-0.2, 0) is 14.4 Å². The molecule has 0 bridgehead atoms. The van der Waals surface area contributed by atoms with Crippen LogP contribution in [0.2, 0.25) is 5.02 Å². The van der Waals surface area contributed by atoms with Crippen molar-refractivity contribution < 1.29 is 29.4 Å². The molecule has 164 valence electrons. The van der Waals surface area contributed by atoms with Gasteiger partial charge in [-0.15, -0.1) is 0 Å². The minimum absolute atomic E-state index is 0.189. The van der Waals surface area contributed by atoms with Gasteiger partial charge in [-0.05, 0) is 44.4 Å². The first-order valence-electron chi connectivity index (χ1n) is 8.68. The summed E-state index contributed by atoms with van der Waals surface area (Å²) >= 11 is 9.47. The van der Waals surface area contributed by atoms with Gasteiger partial charge in [0.1, 0.15) is 0 Å². The van der Waals surface area contributed by atoms with Gasteiger partial charge in [-0.1, -0.05) is 39.7 Å². The Morgan fingerprint density at radius 1 is 1.00 bits per heavy atom. The summed E-state index contributed by atoms with van der Waals surface area (Å²) in [6.07, 6.45) is 1.12. The molecule has 0 saturated carbocycles. The summed E-state index contributed by atoms with van der Waals surface area (Å²) < 4.78 is 0.749. The van der Waals surface area contributed by atoms with Crippen LogP contribution in [0.5, 0.6) is 0 Å². The predicted molar refractivity (Wildman–Crippen MR) is 121 cm³/mol. The van der Waals surface area contributed by atoms with Gasteiger partial charge in [-0.25, -0.2) is 9.59 Å². The lowest BCUT2D eigenvalue weighted by molar-refractivity contribution is -0.134. The van der Waals surface area contributed by atoms with E-state index in [9.17, 15) is 19.2 Å². The third-order valence-electron chi connectivity index (χ3n) is 3.45. The molecule has 2 aromatic carbocycles. The third-order valence-corrected chi connectivity index (χ3v) is 4.27. The number of halogens is 2. The number of nitrogens with one attached hydrogen (secondary N) is 1. The van der Waals surface area contributed by atoms with E-state index in [1.807, 2.05) is 0 Å². The number of carbonyl (C=O) groups is 4. The Labute approximate surface area is 192 Å². The molecular formula is C21H20BrClN2O6. The Balaban J connectivity index is 0.000000512. The van der Waals surface area contributed by atoms with E-state index < -0.39 is 11.9 Å². The molecule has 0 radical (unpaired) electrons. The number of aliphatic carboxylic acids is 2. The first kappa shape index (κ1) is 26.0. The van der Waals surface area contributed by atoms with E-state index in [0.717, 1.165) is 4.47 Å². The SMILES string of the molecule is CN(C)CC(=O)Nc1ccc(Br)cc1C(=O)c1ccccc1Cl.O=C(O)/C=C/C(=O)O. The molecule has 2 rings (SSSR count). The molecule has 0 atom stereocenters. The zero-order valence-electron chi connectivity index (χ0n) is 16.6.